The molecule has 4 aromatic carbocycles. The number of halogens is 1. The van der Waals surface area contributed by atoms with Crippen molar-refractivity contribution in [2.75, 3.05) is 23.5 Å². The molecule has 0 aliphatic carbocycles. The van der Waals surface area contributed by atoms with Crippen molar-refractivity contribution in [1.29, 1.82) is 0 Å². The van der Waals surface area contributed by atoms with Gasteiger partial charge >= 0.3 is 0 Å². The van der Waals surface area contributed by atoms with Crippen LogP contribution in [0.25, 0.3) is 0 Å². The lowest BCUT2D eigenvalue weighted by Crippen LogP contribution is -2.51. The third-order valence-corrected chi connectivity index (χ3v) is 15.7. The van der Waals surface area contributed by atoms with Crippen molar-refractivity contribution in [2.45, 2.75) is 63.2 Å². The highest BCUT2D eigenvalue weighted by atomic mass is 35.5. The molecule has 2 amide bonds. The van der Waals surface area contributed by atoms with Crippen LogP contribution in [0.2, 0.25) is 23.7 Å². The van der Waals surface area contributed by atoms with Crippen molar-refractivity contribution in [3.05, 3.63) is 125 Å². The van der Waals surface area contributed by atoms with Crippen molar-refractivity contribution in [3.8, 4) is 5.75 Å². The van der Waals surface area contributed by atoms with Gasteiger partial charge in [0.25, 0.3) is 5.91 Å². The molecule has 4 atom stereocenters. The summed E-state index contributed by atoms with van der Waals surface area (Å²) in [5.41, 5.74) is 3.49. The summed E-state index contributed by atoms with van der Waals surface area (Å²) in [4.78, 5) is 30.7. The Hall–Kier alpha value is -4.81. The molecule has 1 saturated heterocycles. The number of benzene rings is 4. The van der Waals surface area contributed by atoms with Crippen LogP contribution in [-0.2, 0) is 39.4 Å². The summed E-state index contributed by atoms with van der Waals surface area (Å²) < 4.78 is 14.5. The molecule has 2 aliphatic heterocycles. The summed E-state index contributed by atoms with van der Waals surface area (Å²) in [6.07, 6.45) is 3.44. The van der Waals surface area contributed by atoms with Gasteiger partial charge in [0.05, 0.1) is 39.2 Å². The van der Waals surface area contributed by atoms with Crippen LogP contribution >= 0.6 is 11.6 Å². The summed E-state index contributed by atoms with van der Waals surface area (Å²) in [6.45, 7) is 7.74. The van der Waals surface area contributed by atoms with Crippen LogP contribution < -0.4 is 19.7 Å². The highest BCUT2D eigenvalue weighted by Gasteiger charge is 2.66. The average molecular weight is 750 g/mol. The van der Waals surface area contributed by atoms with Crippen LogP contribution in [0.15, 0.2) is 103 Å². The fourth-order valence-corrected chi connectivity index (χ4v) is 12.7. The largest absolute Gasteiger partial charge is 0.497 e. The monoisotopic (exact) mass is 749 g/mol. The van der Waals surface area contributed by atoms with E-state index in [0.29, 0.717) is 31.0 Å². The SMILES string of the molecule is COc1ccc([Si](C)(C)[C@H]2[C@H](CCn3cc(CCO)nn3)O[C@@]3(C(=O)N(Cc4ccc(N(C=O)c5ccccc5)cc4)c4ccc(Cl)cc43)[C@@H]2C)cc1. The number of carbonyl (C=O) groups is 2. The number of aryl methyl sites for hydroxylation is 1. The number of methoxy groups -OCH3 is 1. The van der Waals surface area contributed by atoms with Gasteiger partial charge in [0.2, 0.25) is 6.41 Å². The lowest BCUT2D eigenvalue weighted by atomic mass is 9.82. The zero-order valence-corrected chi connectivity index (χ0v) is 32.1. The normalized spacial score (nSPS) is 20.9. The number of aliphatic hydroxyl groups is 1. The summed E-state index contributed by atoms with van der Waals surface area (Å²) >= 11 is 6.70. The Morgan fingerprint density at radius 2 is 1.74 bits per heavy atom. The Labute approximate surface area is 315 Å². The molecule has 1 N–H and O–H groups in total. The van der Waals surface area contributed by atoms with Gasteiger partial charge in [-0.1, -0.05) is 84.5 Å². The number of amides is 2. The fourth-order valence-electron chi connectivity index (χ4n) is 8.45. The third kappa shape index (κ3) is 6.67. The fraction of sp³-hybridized carbons (Fsp3) is 0.317. The van der Waals surface area contributed by atoms with E-state index in [2.05, 4.69) is 42.5 Å². The zero-order valence-electron chi connectivity index (χ0n) is 30.4. The topological polar surface area (TPSA) is 110 Å². The first-order valence-electron chi connectivity index (χ1n) is 17.9. The van der Waals surface area contributed by atoms with Gasteiger partial charge in [0, 0.05) is 53.6 Å². The molecule has 10 nitrogen and oxygen atoms in total. The van der Waals surface area contributed by atoms with Crippen LogP contribution in [0.3, 0.4) is 0 Å². The van der Waals surface area contributed by atoms with Crippen molar-refractivity contribution in [2.24, 2.45) is 5.92 Å². The maximum Gasteiger partial charge on any atom is 0.264 e. The van der Waals surface area contributed by atoms with E-state index in [9.17, 15) is 9.90 Å². The molecule has 1 fully saturated rings. The van der Waals surface area contributed by atoms with Crippen LogP contribution in [0.5, 0.6) is 5.75 Å². The summed E-state index contributed by atoms with van der Waals surface area (Å²) in [5.74, 6) is 0.494. The highest BCUT2D eigenvalue weighted by Crippen LogP contribution is 2.60. The van der Waals surface area contributed by atoms with Gasteiger partial charge in [-0.3, -0.25) is 19.2 Å². The quantitative estimate of drug-likeness (QED) is 0.106. The van der Waals surface area contributed by atoms with E-state index in [4.69, 9.17) is 21.1 Å². The maximum atomic E-state index is 15.2. The number of para-hydroxylation sites is 1. The molecule has 1 aromatic heterocycles. The summed E-state index contributed by atoms with van der Waals surface area (Å²) in [7, 11) is -0.687. The zero-order chi connectivity index (χ0) is 37.3. The molecule has 0 radical (unpaired) electrons. The van der Waals surface area contributed by atoms with Crippen molar-refractivity contribution >= 4 is 54.2 Å². The predicted molar refractivity (Wildman–Crippen MR) is 209 cm³/mol. The van der Waals surface area contributed by atoms with Gasteiger partial charge < -0.3 is 19.5 Å². The number of aromatic nitrogens is 3. The second-order valence-electron chi connectivity index (χ2n) is 14.4. The molecule has 3 heterocycles. The number of carbonyl (C=O) groups excluding carboxylic acids is 2. The Kier molecular flexibility index (Phi) is 10.3. The number of ether oxygens (including phenoxy) is 2. The summed E-state index contributed by atoms with van der Waals surface area (Å²) in [5, 5.41) is 19.7. The van der Waals surface area contributed by atoms with Crippen LogP contribution in [0.1, 0.15) is 30.2 Å². The van der Waals surface area contributed by atoms with Crippen molar-refractivity contribution in [1.82, 2.24) is 15.0 Å². The van der Waals surface area contributed by atoms with Gasteiger partial charge in [0.15, 0.2) is 5.60 Å². The van der Waals surface area contributed by atoms with Crippen LogP contribution in [0, 0.1) is 5.92 Å². The first-order valence-corrected chi connectivity index (χ1v) is 21.4. The van der Waals surface area contributed by atoms with Gasteiger partial charge in [-0.25, -0.2) is 0 Å². The first-order chi connectivity index (χ1) is 25.6. The summed E-state index contributed by atoms with van der Waals surface area (Å²) in [6, 6.07) is 31.1. The molecule has 53 heavy (non-hydrogen) atoms. The Bertz CT molecular complexity index is 2080. The van der Waals surface area contributed by atoms with E-state index in [1.54, 1.807) is 16.7 Å². The van der Waals surface area contributed by atoms with Gasteiger partial charge in [-0.05, 0) is 72.1 Å². The number of hydrogen-bond acceptors (Lipinski definition) is 7. The molecule has 2 aliphatic rings. The van der Waals surface area contributed by atoms with Crippen molar-refractivity contribution in [3.63, 3.8) is 0 Å². The molecule has 0 bridgehead atoms. The first kappa shape index (κ1) is 36.5. The van der Waals surface area contributed by atoms with Crippen molar-refractivity contribution < 1.29 is 24.2 Å². The van der Waals surface area contributed by atoms with Crippen LogP contribution in [0.4, 0.5) is 17.1 Å². The molecule has 274 valence electrons. The van der Waals surface area contributed by atoms with Crippen LogP contribution in [-0.4, -0.2) is 60.3 Å². The minimum atomic E-state index is -2.35. The van der Waals surface area contributed by atoms with E-state index in [-0.39, 0.29) is 30.1 Å². The number of hydrogen-bond donors (Lipinski definition) is 1. The third-order valence-electron chi connectivity index (χ3n) is 11.1. The lowest BCUT2D eigenvalue weighted by molar-refractivity contribution is -0.146. The maximum absolute atomic E-state index is 15.2. The van der Waals surface area contributed by atoms with E-state index in [1.807, 2.05) is 96.0 Å². The Morgan fingerprint density at radius 3 is 2.42 bits per heavy atom. The Morgan fingerprint density at radius 1 is 1.02 bits per heavy atom. The molecule has 0 unspecified atom stereocenters. The van der Waals surface area contributed by atoms with E-state index in [1.165, 1.54) is 5.19 Å². The second-order valence-corrected chi connectivity index (χ2v) is 19.5. The smallest absolute Gasteiger partial charge is 0.264 e. The average Bonchev–Trinajstić information content (AvgIpc) is 3.82. The van der Waals surface area contributed by atoms with E-state index < -0.39 is 13.7 Å². The standard InChI is InChI=1S/C41H44ClN5O5Si/c1-28-39(53(3,4)35-17-15-34(51-2)16-18-35)38(20-22-45-26-31(21-23-48)43-44-45)52-41(28)36-24-30(42)12-19-37(36)46(40(41)50)25-29-10-13-33(14-11-29)47(27-49)32-8-6-5-7-9-32/h5-19,24,26-28,38-39,48H,20-23,25H2,1-4H3/t28-,38+,39-,41+/m1/s1. The van der Waals surface area contributed by atoms with Gasteiger partial charge in [0.1, 0.15) is 5.75 Å². The number of anilines is 3. The predicted octanol–water partition coefficient (Wildman–Crippen LogP) is 6.62. The molecule has 5 aromatic rings. The van der Waals surface area contributed by atoms with Gasteiger partial charge in [-0.2, -0.15) is 0 Å². The van der Waals surface area contributed by atoms with E-state index >= 15 is 4.79 Å². The minimum Gasteiger partial charge on any atom is -0.497 e. The minimum absolute atomic E-state index is 0.00376. The second kappa shape index (κ2) is 14.9. The number of rotatable bonds is 13. The highest BCUT2D eigenvalue weighted by molar-refractivity contribution is 6.91. The molecule has 0 saturated carbocycles. The van der Waals surface area contributed by atoms with Gasteiger partial charge in [-0.15, -0.1) is 5.10 Å². The molecular weight excluding hydrogens is 706 g/mol. The number of nitrogens with zero attached hydrogens (tertiary/aromatic N) is 5. The number of fused-ring (bicyclic) bond motifs is 2. The molecule has 7 rings (SSSR count). The lowest BCUT2D eigenvalue weighted by Gasteiger charge is -2.37. The molecule has 1 spiro atoms. The molecular formula is C41H44ClN5O5Si. The number of aliphatic hydroxyl groups excluding tert-OH is 1. The van der Waals surface area contributed by atoms with E-state index in [0.717, 1.165) is 46.0 Å². The Balaban J connectivity index is 1.24. The molecule has 12 heteroatoms.